The summed E-state index contributed by atoms with van der Waals surface area (Å²) in [7, 11) is 1.55. The Hall–Kier alpha value is -3.02. The molecule has 1 saturated carbocycles. The van der Waals surface area contributed by atoms with Gasteiger partial charge in [-0.25, -0.2) is 0 Å². The molecule has 4 rings (SSSR count). The van der Waals surface area contributed by atoms with E-state index in [0.717, 1.165) is 48.5 Å². The van der Waals surface area contributed by atoms with Crippen LogP contribution >= 0.6 is 0 Å². The highest BCUT2D eigenvalue weighted by Crippen LogP contribution is 2.36. The maximum Gasteiger partial charge on any atom is 0.309 e. The van der Waals surface area contributed by atoms with Gasteiger partial charge in [0, 0.05) is 16.8 Å². The summed E-state index contributed by atoms with van der Waals surface area (Å²) >= 11 is 0. The normalized spacial score (nSPS) is 15.9. The van der Waals surface area contributed by atoms with E-state index in [1.54, 1.807) is 20.1 Å². The molecule has 6 heteroatoms. The molecule has 6 nitrogen and oxygen atoms in total. The summed E-state index contributed by atoms with van der Waals surface area (Å²) in [6.45, 7) is 1.59. The predicted octanol–water partition coefficient (Wildman–Crippen LogP) is 5.05. The second-order valence-corrected chi connectivity index (χ2v) is 7.55. The Balaban J connectivity index is 1.52. The molecule has 2 aromatic carbocycles. The minimum absolute atomic E-state index is 0.0968. The zero-order valence-corrected chi connectivity index (χ0v) is 16.7. The fraction of sp³-hybridized carbons (Fsp3) is 0.391. The van der Waals surface area contributed by atoms with Gasteiger partial charge in [-0.05, 0) is 31.9 Å². The molecule has 3 aromatic rings. The van der Waals surface area contributed by atoms with Gasteiger partial charge < -0.3 is 19.2 Å². The van der Waals surface area contributed by atoms with E-state index >= 15 is 0 Å². The number of hydrogen-bond acceptors (Lipinski definition) is 5. The van der Waals surface area contributed by atoms with Crippen LogP contribution in [0, 0.1) is 5.92 Å². The topological polar surface area (TPSA) is 77.8 Å². The average molecular weight is 395 g/mol. The van der Waals surface area contributed by atoms with Crippen LogP contribution in [0.25, 0.3) is 21.9 Å². The van der Waals surface area contributed by atoms with E-state index in [0.29, 0.717) is 17.0 Å². The van der Waals surface area contributed by atoms with Crippen LogP contribution in [0.2, 0.25) is 0 Å². The highest BCUT2D eigenvalue weighted by molar-refractivity contribution is 6.08. The fourth-order valence-electron chi connectivity index (χ4n) is 3.91. The number of carbonyl (C=O) groups excluding carboxylic acids is 2. The number of ether oxygens (including phenoxy) is 2. The lowest BCUT2D eigenvalue weighted by Gasteiger charge is -2.22. The molecule has 29 heavy (non-hydrogen) atoms. The molecule has 1 aliphatic rings. The number of carbonyl (C=O) groups is 2. The number of fused-ring (bicyclic) bond motifs is 3. The lowest BCUT2D eigenvalue weighted by molar-refractivity contribution is -0.158. The molecule has 0 aliphatic heterocycles. The second-order valence-electron chi connectivity index (χ2n) is 7.55. The highest BCUT2D eigenvalue weighted by atomic mass is 16.5. The molecular formula is C23H25NO5. The molecule has 0 bridgehead atoms. The van der Waals surface area contributed by atoms with Gasteiger partial charge in [0.1, 0.15) is 16.9 Å². The lowest BCUT2D eigenvalue weighted by atomic mass is 9.89. The van der Waals surface area contributed by atoms with Crippen LogP contribution in [-0.2, 0) is 14.3 Å². The van der Waals surface area contributed by atoms with Gasteiger partial charge >= 0.3 is 5.97 Å². The van der Waals surface area contributed by atoms with E-state index in [-0.39, 0.29) is 11.9 Å². The zero-order chi connectivity index (χ0) is 20.4. The summed E-state index contributed by atoms with van der Waals surface area (Å²) < 4.78 is 16.8. The average Bonchev–Trinajstić information content (AvgIpc) is 3.11. The molecule has 1 heterocycles. The number of benzene rings is 2. The third-order valence-corrected chi connectivity index (χ3v) is 5.56. The zero-order valence-electron chi connectivity index (χ0n) is 16.7. The van der Waals surface area contributed by atoms with Crippen LogP contribution in [0.15, 0.2) is 40.8 Å². The monoisotopic (exact) mass is 395 g/mol. The van der Waals surface area contributed by atoms with Gasteiger partial charge in [0.15, 0.2) is 6.10 Å². The van der Waals surface area contributed by atoms with Crippen molar-refractivity contribution in [3.63, 3.8) is 0 Å². The number of anilines is 1. The number of nitrogens with one attached hydrogen (secondary N) is 1. The van der Waals surface area contributed by atoms with Gasteiger partial charge in [0.2, 0.25) is 0 Å². The largest absolute Gasteiger partial charge is 0.495 e. The first-order chi connectivity index (χ1) is 14.1. The Kier molecular flexibility index (Phi) is 5.43. The van der Waals surface area contributed by atoms with Crippen molar-refractivity contribution in [2.45, 2.75) is 45.1 Å². The summed E-state index contributed by atoms with van der Waals surface area (Å²) in [4.78, 5) is 25.0. The molecule has 1 unspecified atom stereocenters. The molecule has 1 N–H and O–H groups in total. The first kappa shape index (κ1) is 19.3. The summed E-state index contributed by atoms with van der Waals surface area (Å²) in [6, 6.07) is 11.3. The maximum absolute atomic E-state index is 12.6. The molecule has 0 radical (unpaired) electrons. The Morgan fingerprint density at radius 2 is 1.83 bits per heavy atom. The van der Waals surface area contributed by atoms with E-state index < -0.39 is 12.0 Å². The van der Waals surface area contributed by atoms with Crippen LogP contribution < -0.4 is 10.1 Å². The first-order valence-corrected chi connectivity index (χ1v) is 10.1. The Morgan fingerprint density at radius 3 is 2.59 bits per heavy atom. The van der Waals surface area contributed by atoms with Crippen molar-refractivity contribution in [1.29, 1.82) is 0 Å². The third kappa shape index (κ3) is 3.92. The van der Waals surface area contributed by atoms with E-state index in [1.807, 2.05) is 30.3 Å². The molecule has 152 valence electrons. The van der Waals surface area contributed by atoms with Gasteiger partial charge in [0.25, 0.3) is 5.91 Å². The van der Waals surface area contributed by atoms with Crippen molar-refractivity contribution in [1.82, 2.24) is 0 Å². The van der Waals surface area contributed by atoms with E-state index in [2.05, 4.69) is 5.32 Å². The number of furan rings is 1. The SMILES string of the molecule is COc1cc2c(cc1NC(=O)C(C)OC(=O)C1CCCCC1)oc1ccccc12. The van der Waals surface area contributed by atoms with E-state index in [9.17, 15) is 9.59 Å². The molecule has 1 aromatic heterocycles. The Labute approximate surface area is 169 Å². The third-order valence-electron chi connectivity index (χ3n) is 5.56. The van der Waals surface area contributed by atoms with Crippen LogP contribution in [0.3, 0.4) is 0 Å². The van der Waals surface area contributed by atoms with Crippen LogP contribution in [0.4, 0.5) is 5.69 Å². The van der Waals surface area contributed by atoms with Crippen molar-refractivity contribution in [2.24, 2.45) is 5.92 Å². The molecule has 1 amide bonds. The number of hydrogen-bond donors (Lipinski definition) is 1. The van der Waals surface area contributed by atoms with Crippen molar-refractivity contribution in [2.75, 3.05) is 12.4 Å². The number of methoxy groups -OCH3 is 1. The molecular weight excluding hydrogens is 370 g/mol. The van der Waals surface area contributed by atoms with Crippen molar-refractivity contribution in [3.05, 3.63) is 36.4 Å². The van der Waals surface area contributed by atoms with Crippen molar-refractivity contribution in [3.8, 4) is 5.75 Å². The molecule has 1 fully saturated rings. The summed E-state index contributed by atoms with van der Waals surface area (Å²) in [6.07, 6.45) is 4.02. The van der Waals surface area contributed by atoms with Crippen molar-refractivity contribution < 1.29 is 23.5 Å². The van der Waals surface area contributed by atoms with Crippen LogP contribution in [0.5, 0.6) is 5.75 Å². The standard InChI is InChI=1S/C23H25NO5/c1-14(28-23(26)15-8-4-3-5-9-15)22(25)24-18-13-20-17(12-21(18)27-2)16-10-6-7-11-19(16)29-20/h6-7,10-15H,3-5,8-9H2,1-2H3,(H,24,25). The van der Waals surface area contributed by atoms with Gasteiger partial charge in [-0.2, -0.15) is 0 Å². The molecule has 1 atom stereocenters. The summed E-state index contributed by atoms with van der Waals surface area (Å²) in [5.74, 6) is -0.265. The summed E-state index contributed by atoms with van der Waals surface area (Å²) in [5, 5.41) is 4.69. The van der Waals surface area contributed by atoms with Crippen LogP contribution in [-0.4, -0.2) is 25.1 Å². The Morgan fingerprint density at radius 1 is 1.07 bits per heavy atom. The Bertz CT molecular complexity index is 1050. The lowest BCUT2D eigenvalue weighted by Crippen LogP contribution is -2.33. The molecule has 0 spiro atoms. The maximum atomic E-state index is 12.6. The van der Waals surface area contributed by atoms with Crippen molar-refractivity contribution >= 4 is 39.5 Å². The minimum atomic E-state index is -0.888. The predicted molar refractivity (Wildman–Crippen MR) is 111 cm³/mol. The molecule has 0 saturated heterocycles. The number of para-hydroxylation sites is 1. The second kappa shape index (κ2) is 8.15. The highest BCUT2D eigenvalue weighted by Gasteiger charge is 2.27. The van der Waals surface area contributed by atoms with Gasteiger partial charge in [-0.3, -0.25) is 9.59 Å². The van der Waals surface area contributed by atoms with E-state index in [4.69, 9.17) is 13.9 Å². The number of esters is 1. The fourth-order valence-corrected chi connectivity index (χ4v) is 3.91. The van der Waals surface area contributed by atoms with E-state index in [1.165, 1.54) is 0 Å². The molecule has 1 aliphatic carbocycles. The van der Waals surface area contributed by atoms with Crippen LogP contribution in [0.1, 0.15) is 39.0 Å². The van der Waals surface area contributed by atoms with Gasteiger partial charge in [-0.1, -0.05) is 37.5 Å². The van der Waals surface area contributed by atoms with Gasteiger partial charge in [-0.15, -0.1) is 0 Å². The number of amides is 1. The van der Waals surface area contributed by atoms with Gasteiger partial charge in [0.05, 0.1) is 18.7 Å². The smallest absolute Gasteiger partial charge is 0.309 e. The first-order valence-electron chi connectivity index (χ1n) is 10.1. The minimum Gasteiger partial charge on any atom is -0.495 e. The number of rotatable bonds is 5. The summed E-state index contributed by atoms with van der Waals surface area (Å²) in [5.41, 5.74) is 1.89. The quantitative estimate of drug-likeness (QED) is 0.612.